The lowest BCUT2D eigenvalue weighted by Crippen LogP contribution is -2.14. The number of ether oxygens (including phenoxy) is 8. The van der Waals surface area contributed by atoms with E-state index < -0.39 is 0 Å². The first kappa shape index (κ1) is 28.8. The average Bonchev–Trinajstić information content (AvgIpc) is 2.86. The van der Waals surface area contributed by atoms with Crippen LogP contribution in [0.4, 0.5) is 0 Å². The van der Waals surface area contributed by atoms with Crippen molar-refractivity contribution in [2.24, 2.45) is 0 Å². The smallest absolute Gasteiger partial charge is 0.161 e. The highest BCUT2D eigenvalue weighted by Gasteiger charge is 2.04. The molecule has 1 aliphatic heterocycles. The summed E-state index contributed by atoms with van der Waals surface area (Å²) in [7, 11) is 0. The molecule has 0 radical (unpaired) electrons. The Morgan fingerprint density at radius 2 is 0.618 bits per heavy atom. The molecule has 0 spiro atoms. The molecule has 0 saturated carbocycles. The van der Waals surface area contributed by atoms with Crippen molar-refractivity contribution < 1.29 is 37.9 Å². The van der Waals surface area contributed by atoms with Gasteiger partial charge in [0, 0.05) is 13.2 Å². The molecule has 8 heteroatoms. The Bertz CT molecular complexity index is 522. The summed E-state index contributed by atoms with van der Waals surface area (Å²) in [5.74, 6) is 1.39. The summed E-state index contributed by atoms with van der Waals surface area (Å²) in [6.07, 6.45) is 7.14. The minimum absolute atomic E-state index is 0.445. The van der Waals surface area contributed by atoms with E-state index in [1.165, 1.54) is 25.7 Å². The van der Waals surface area contributed by atoms with Crippen LogP contribution >= 0.6 is 0 Å². The van der Waals surface area contributed by atoms with Gasteiger partial charge >= 0.3 is 0 Å². The SMILES string of the molecule is c1ccc2c(c1)OCCOCCOCCOCCCCCCCCOCCOCCOCCO2. The molecule has 0 N–H and O–H groups in total. The second-order valence-electron chi connectivity index (χ2n) is 7.94. The van der Waals surface area contributed by atoms with E-state index in [9.17, 15) is 0 Å². The fourth-order valence-corrected chi connectivity index (χ4v) is 3.31. The molecule has 0 fully saturated rings. The Morgan fingerprint density at radius 1 is 0.324 bits per heavy atom. The molecular weight excluding hydrogens is 440 g/mol. The summed E-state index contributed by atoms with van der Waals surface area (Å²) in [6, 6.07) is 7.61. The predicted molar refractivity (Wildman–Crippen MR) is 130 cm³/mol. The van der Waals surface area contributed by atoms with Crippen LogP contribution < -0.4 is 9.47 Å². The van der Waals surface area contributed by atoms with Gasteiger partial charge < -0.3 is 37.9 Å². The Balaban J connectivity index is 1.61. The van der Waals surface area contributed by atoms with E-state index in [-0.39, 0.29) is 0 Å². The third-order valence-corrected chi connectivity index (χ3v) is 5.14. The summed E-state index contributed by atoms with van der Waals surface area (Å²) in [5, 5.41) is 0. The van der Waals surface area contributed by atoms with Crippen LogP contribution in [0.1, 0.15) is 38.5 Å². The van der Waals surface area contributed by atoms with Crippen molar-refractivity contribution in [2.75, 3.05) is 92.5 Å². The average molecular weight is 485 g/mol. The minimum atomic E-state index is 0.445. The maximum atomic E-state index is 5.80. The van der Waals surface area contributed by atoms with Crippen LogP contribution in [-0.2, 0) is 28.4 Å². The van der Waals surface area contributed by atoms with Crippen LogP contribution in [0, 0.1) is 0 Å². The normalized spacial score (nSPS) is 21.3. The zero-order valence-electron chi connectivity index (χ0n) is 20.7. The molecule has 1 aromatic carbocycles. The molecule has 1 aromatic rings. The zero-order chi connectivity index (χ0) is 23.8. The van der Waals surface area contributed by atoms with Crippen molar-refractivity contribution in [3.8, 4) is 11.5 Å². The van der Waals surface area contributed by atoms with Gasteiger partial charge in [-0.3, -0.25) is 0 Å². The number of rotatable bonds is 0. The number of hydrogen-bond donors (Lipinski definition) is 0. The van der Waals surface area contributed by atoms with Crippen LogP contribution in [0.15, 0.2) is 24.3 Å². The first-order chi connectivity index (χ1) is 17.0. The predicted octanol–water partition coefficient (Wildman–Crippen LogP) is 3.90. The molecule has 0 bridgehead atoms. The topological polar surface area (TPSA) is 73.8 Å². The van der Waals surface area contributed by atoms with Crippen LogP contribution in [0.25, 0.3) is 0 Å². The monoisotopic (exact) mass is 484 g/mol. The second-order valence-corrected chi connectivity index (χ2v) is 7.94. The molecule has 196 valence electrons. The zero-order valence-corrected chi connectivity index (χ0v) is 20.7. The van der Waals surface area contributed by atoms with Gasteiger partial charge in [-0.15, -0.1) is 0 Å². The van der Waals surface area contributed by atoms with Crippen LogP contribution in [-0.4, -0.2) is 92.5 Å². The molecule has 0 saturated heterocycles. The number of para-hydroxylation sites is 2. The highest BCUT2D eigenvalue weighted by atomic mass is 16.6. The van der Waals surface area contributed by atoms with Gasteiger partial charge in [0.15, 0.2) is 11.5 Å². The van der Waals surface area contributed by atoms with Crippen molar-refractivity contribution in [2.45, 2.75) is 38.5 Å². The molecule has 34 heavy (non-hydrogen) atoms. The van der Waals surface area contributed by atoms with Crippen molar-refractivity contribution in [3.05, 3.63) is 24.3 Å². The van der Waals surface area contributed by atoms with Gasteiger partial charge in [0.1, 0.15) is 13.2 Å². The summed E-state index contributed by atoms with van der Waals surface area (Å²) < 4.78 is 45.1. The van der Waals surface area contributed by atoms with E-state index in [0.717, 1.165) is 26.1 Å². The standard InChI is InChI=1S/C26H44O8/c1-2-4-8-12-28-14-16-30-18-20-32-22-24-34-26-10-6-5-9-25(26)33-23-21-31-19-17-29-15-13-27-11-7-3-1/h5-6,9-10H,1-4,7-8,11-24H2. The van der Waals surface area contributed by atoms with Gasteiger partial charge in [0.05, 0.1) is 66.1 Å². The molecule has 0 aromatic heterocycles. The van der Waals surface area contributed by atoms with Gasteiger partial charge in [-0.05, 0) is 25.0 Å². The van der Waals surface area contributed by atoms with E-state index >= 15 is 0 Å². The molecule has 0 aliphatic carbocycles. The van der Waals surface area contributed by atoms with Crippen molar-refractivity contribution in [1.82, 2.24) is 0 Å². The molecule has 8 nitrogen and oxygen atoms in total. The summed E-state index contributed by atoms with van der Waals surface area (Å²) in [5.41, 5.74) is 0. The summed E-state index contributed by atoms with van der Waals surface area (Å²) in [6.45, 7) is 8.10. The molecule has 0 amide bonds. The fourth-order valence-electron chi connectivity index (χ4n) is 3.31. The highest BCUT2D eigenvalue weighted by Crippen LogP contribution is 2.26. The maximum absolute atomic E-state index is 5.80. The van der Waals surface area contributed by atoms with Gasteiger partial charge in [-0.1, -0.05) is 37.8 Å². The number of benzene rings is 1. The molecule has 0 unspecified atom stereocenters. The Labute approximate surface area is 205 Å². The minimum Gasteiger partial charge on any atom is -0.487 e. The summed E-state index contributed by atoms with van der Waals surface area (Å²) in [4.78, 5) is 0. The maximum Gasteiger partial charge on any atom is 0.161 e. The van der Waals surface area contributed by atoms with Crippen molar-refractivity contribution >= 4 is 0 Å². The van der Waals surface area contributed by atoms with Crippen LogP contribution in [0.5, 0.6) is 11.5 Å². The Hall–Kier alpha value is -1.42. The molecule has 1 heterocycles. The Kier molecular flexibility index (Phi) is 18.7. The van der Waals surface area contributed by atoms with E-state index in [1.54, 1.807) is 0 Å². The fraction of sp³-hybridized carbons (Fsp3) is 0.769. The van der Waals surface area contributed by atoms with Crippen LogP contribution in [0.3, 0.4) is 0 Å². The van der Waals surface area contributed by atoms with Crippen molar-refractivity contribution in [3.63, 3.8) is 0 Å². The van der Waals surface area contributed by atoms with Crippen LogP contribution in [0.2, 0.25) is 0 Å². The Morgan fingerprint density at radius 3 is 1.00 bits per heavy atom. The molecule has 0 atom stereocenters. The third kappa shape index (κ3) is 16.2. The van der Waals surface area contributed by atoms with Gasteiger partial charge in [-0.2, -0.15) is 0 Å². The van der Waals surface area contributed by atoms with Gasteiger partial charge in [0.2, 0.25) is 0 Å². The first-order valence-electron chi connectivity index (χ1n) is 12.8. The van der Waals surface area contributed by atoms with Crippen molar-refractivity contribution in [1.29, 1.82) is 0 Å². The van der Waals surface area contributed by atoms with Gasteiger partial charge in [0.25, 0.3) is 0 Å². The van der Waals surface area contributed by atoms with E-state index in [0.29, 0.717) is 90.8 Å². The quantitative estimate of drug-likeness (QED) is 0.549. The summed E-state index contributed by atoms with van der Waals surface area (Å²) >= 11 is 0. The lowest BCUT2D eigenvalue weighted by molar-refractivity contribution is 0.00697. The highest BCUT2D eigenvalue weighted by molar-refractivity contribution is 5.39. The number of fused-ring (bicyclic) bond motifs is 1. The second kappa shape index (κ2) is 22.1. The number of hydrogen-bond acceptors (Lipinski definition) is 8. The first-order valence-corrected chi connectivity index (χ1v) is 12.8. The van der Waals surface area contributed by atoms with E-state index in [2.05, 4.69) is 0 Å². The molecule has 1 aliphatic rings. The largest absolute Gasteiger partial charge is 0.487 e. The van der Waals surface area contributed by atoms with Gasteiger partial charge in [-0.25, -0.2) is 0 Å². The molecular formula is C26H44O8. The lowest BCUT2D eigenvalue weighted by Gasteiger charge is -2.13. The molecule has 2 rings (SSSR count). The van der Waals surface area contributed by atoms with E-state index in [4.69, 9.17) is 37.9 Å². The third-order valence-electron chi connectivity index (χ3n) is 5.14. The van der Waals surface area contributed by atoms with E-state index in [1.807, 2.05) is 24.3 Å². The lowest BCUT2D eigenvalue weighted by atomic mass is 10.1.